The topological polar surface area (TPSA) is 78.1 Å². The molecular formula is C21H20N4O2S. The summed E-state index contributed by atoms with van der Waals surface area (Å²) < 4.78 is 0. The van der Waals surface area contributed by atoms with Crippen molar-refractivity contribution in [3.8, 4) is 0 Å². The van der Waals surface area contributed by atoms with Crippen LogP contribution in [0.2, 0.25) is 0 Å². The molecule has 3 aromatic rings. The molecule has 6 nitrogen and oxygen atoms in total. The quantitative estimate of drug-likeness (QED) is 0.692. The molecule has 0 aliphatic carbocycles. The van der Waals surface area contributed by atoms with Gasteiger partial charge in [-0.25, -0.2) is 4.98 Å². The largest absolute Gasteiger partial charge is 0.340 e. The first-order chi connectivity index (χ1) is 13.6. The van der Waals surface area contributed by atoms with E-state index >= 15 is 0 Å². The van der Waals surface area contributed by atoms with E-state index < -0.39 is 0 Å². The highest BCUT2D eigenvalue weighted by atomic mass is 32.2. The summed E-state index contributed by atoms with van der Waals surface area (Å²) in [5, 5.41) is 2.79. The molecule has 0 saturated carbocycles. The number of hydrogen-bond acceptors (Lipinski definition) is 4. The lowest BCUT2D eigenvalue weighted by molar-refractivity contribution is -0.115. The molecule has 7 heteroatoms. The number of nitrogens with zero attached hydrogens (tertiary/aromatic N) is 2. The first-order valence-electron chi connectivity index (χ1n) is 9.47. The fourth-order valence-electron chi connectivity index (χ4n) is 3.93. The van der Waals surface area contributed by atoms with Crippen molar-refractivity contribution in [3.05, 3.63) is 53.9 Å². The number of aromatic amines is 1. The van der Waals surface area contributed by atoms with E-state index in [4.69, 9.17) is 4.98 Å². The summed E-state index contributed by atoms with van der Waals surface area (Å²) in [7, 11) is 0. The average Bonchev–Trinajstić information content (AvgIpc) is 3.34. The van der Waals surface area contributed by atoms with E-state index in [-0.39, 0.29) is 23.1 Å². The number of carbonyl (C=O) groups excluding carboxylic acids is 2. The minimum absolute atomic E-state index is 0.0244. The van der Waals surface area contributed by atoms with Crippen LogP contribution >= 0.6 is 11.8 Å². The molecule has 142 valence electrons. The molecule has 0 bridgehead atoms. The summed E-state index contributed by atoms with van der Waals surface area (Å²) in [6.07, 6.45) is 1.84. The van der Waals surface area contributed by atoms with Gasteiger partial charge in [0, 0.05) is 17.0 Å². The van der Waals surface area contributed by atoms with E-state index in [1.807, 2.05) is 48.2 Å². The molecule has 1 fully saturated rings. The fraction of sp³-hybridized carbons (Fsp3) is 0.286. The maximum Gasteiger partial charge on any atom is 0.254 e. The van der Waals surface area contributed by atoms with Gasteiger partial charge in [-0.15, -0.1) is 11.8 Å². The number of anilines is 1. The Balaban J connectivity index is 1.44. The maximum atomic E-state index is 13.2. The molecule has 3 heterocycles. The smallest absolute Gasteiger partial charge is 0.254 e. The van der Waals surface area contributed by atoms with Gasteiger partial charge in [0.2, 0.25) is 5.91 Å². The first-order valence-corrected chi connectivity index (χ1v) is 10.4. The summed E-state index contributed by atoms with van der Waals surface area (Å²) >= 11 is 1.52. The zero-order valence-corrected chi connectivity index (χ0v) is 16.3. The number of nitrogens with one attached hydrogen (secondary N) is 2. The molecule has 2 atom stereocenters. The zero-order valence-electron chi connectivity index (χ0n) is 15.4. The second-order valence-corrected chi connectivity index (χ2v) is 8.64. The van der Waals surface area contributed by atoms with E-state index in [0.717, 1.165) is 40.3 Å². The van der Waals surface area contributed by atoms with Gasteiger partial charge in [-0.3, -0.25) is 9.59 Å². The summed E-state index contributed by atoms with van der Waals surface area (Å²) in [5.41, 5.74) is 3.22. The van der Waals surface area contributed by atoms with Gasteiger partial charge in [0.15, 0.2) is 0 Å². The number of fused-ring (bicyclic) bond motifs is 2. The average molecular weight is 392 g/mol. The van der Waals surface area contributed by atoms with Crippen molar-refractivity contribution in [2.75, 3.05) is 11.9 Å². The van der Waals surface area contributed by atoms with Gasteiger partial charge < -0.3 is 15.2 Å². The Kier molecular flexibility index (Phi) is 4.12. The van der Waals surface area contributed by atoms with Crippen LogP contribution in [0.4, 0.5) is 5.69 Å². The van der Waals surface area contributed by atoms with Crippen LogP contribution < -0.4 is 5.32 Å². The number of imidazole rings is 1. The summed E-state index contributed by atoms with van der Waals surface area (Å²) in [5.74, 6) is 0.787. The predicted octanol–water partition coefficient (Wildman–Crippen LogP) is 3.97. The second kappa shape index (κ2) is 6.67. The zero-order chi connectivity index (χ0) is 19.3. The number of benzene rings is 2. The van der Waals surface area contributed by atoms with Crippen molar-refractivity contribution in [3.63, 3.8) is 0 Å². The van der Waals surface area contributed by atoms with Crippen LogP contribution in [0.3, 0.4) is 0 Å². The third kappa shape index (κ3) is 2.86. The van der Waals surface area contributed by atoms with Gasteiger partial charge >= 0.3 is 0 Å². The monoisotopic (exact) mass is 392 g/mol. The molecule has 28 heavy (non-hydrogen) atoms. The van der Waals surface area contributed by atoms with Crippen molar-refractivity contribution in [2.45, 2.75) is 36.0 Å². The Hall–Kier alpha value is -2.80. The summed E-state index contributed by atoms with van der Waals surface area (Å²) in [4.78, 5) is 36.2. The van der Waals surface area contributed by atoms with Crippen LogP contribution in [-0.2, 0) is 4.79 Å². The Morgan fingerprint density at radius 1 is 1.25 bits per heavy atom. The Bertz CT molecular complexity index is 1060. The normalized spacial score (nSPS) is 21.6. The molecule has 2 amide bonds. The lowest BCUT2D eigenvalue weighted by atomic mass is 10.1. The number of thioether (sulfide) groups is 1. The van der Waals surface area contributed by atoms with Gasteiger partial charge in [-0.1, -0.05) is 12.1 Å². The minimum atomic E-state index is -0.120. The number of hydrogen-bond donors (Lipinski definition) is 2. The summed E-state index contributed by atoms with van der Waals surface area (Å²) in [6.45, 7) is 2.58. The lowest BCUT2D eigenvalue weighted by Gasteiger charge is -2.25. The Morgan fingerprint density at radius 3 is 2.96 bits per heavy atom. The molecule has 0 radical (unpaired) electrons. The number of likely N-dealkylation sites (tertiary alicyclic amines) is 1. The Morgan fingerprint density at radius 2 is 2.11 bits per heavy atom. The van der Waals surface area contributed by atoms with Crippen LogP contribution in [0.1, 0.15) is 42.0 Å². The van der Waals surface area contributed by atoms with E-state index in [0.29, 0.717) is 12.1 Å². The number of H-pyrrole nitrogens is 1. The van der Waals surface area contributed by atoms with Crippen molar-refractivity contribution in [2.24, 2.45) is 0 Å². The van der Waals surface area contributed by atoms with Crippen molar-refractivity contribution in [1.29, 1.82) is 0 Å². The van der Waals surface area contributed by atoms with Crippen molar-refractivity contribution < 1.29 is 9.59 Å². The van der Waals surface area contributed by atoms with Crippen molar-refractivity contribution >= 4 is 40.3 Å². The molecular weight excluding hydrogens is 372 g/mol. The second-order valence-electron chi connectivity index (χ2n) is 7.26. The molecule has 2 aliphatic rings. The third-order valence-electron chi connectivity index (χ3n) is 5.39. The van der Waals surface area contributed by atoms with E-state index in [1.54, 1.807) is 6.07 Å². The maximum absolute atomic E-state index is 13.2. The first kappa shape index (κ1) is 17.3. The van der Waals surface area contributed by atoms with E-state index in [9.17, 15) is 9.59 Å². The van der Waals surface area contributed by atoms with Crippen LogP contribution in [0, 0.1) is 0 Å². The highest BCUT2D eigenvalue weighted by Gasteiger charge is 2.33. The number of rotatable bonds is 2. The predicted molar refractivity (Wildman–Crippen MR) is 109 cm³/mol. The van der Waals surface area contributed by atoms with Gasteiger partial charge in [-0.05, 0) is 50.1 Å². The van der Waals surface area contributed by atoms with Gasteiger partial charge in [0.25, 0.3) is 5.91 Å². The van der Waals surface area contributed by atoms with Gasteiger partial charge in [0.1, 0.15) is 5.82 Å². The lowest BCUT2D eigenvalue weighted by Crippen LogP contribution is -2.31. The standard InChI is InChI=1S/C21H20N4O2S/c1-12-20(26)24-16-11-13(8-9-18(16)28-12)21(27)25-10-4-7-17(25)19-22-14-5-2-3-6-15(14)23-19/h2-3,5-6,8-9,11-12,17H,4,7,10H2,1H3,(H,22,23)(H,24,26). The Labute approximate surface area is 166 Å². The molecule has 2 aromatic carbocycles. The van der Waals surface area contributed by atoms with Crippen LogP contribution in [0.25, 0.3) is 11.0 Å². The minimum Gasteiger partial charge on any atom is -0.340 e. The molecule has 1 aromatic heterocycles. The number of aromatic nitrogens is 2. The van der Waals surface area contributed by atoms with Crippen LogP contribution in [0.15, 0.2) is 47.4 Å². The highest BCUT2D eigenvalue weighted by molar-refractivity contribution is 8.00. The number of amides is 2. The van der Waals surface area contributed by atoms with Gasteiger partial charge in [0.05, 0.1) is 28.0 Å². The van der Waals surface area contributed by atoms with Gasteiger partial charge in [-0.2, -0.15) is 0 Å². The molecule has 1 saturated heterocycles. The molecule has 5 rings (SSSR count). The van der Waals surface area contributed by atoms with Crippen LogP contribution in [-0.4, -0.2) is 38.5 Å². The van der Waals surface area contributed by atoms with E-state index in [1.165, 1.54) is 11.8 Å². The molecule has 2 N–H and O–H groups in total. The fourth-order valence-corrected chi connectivity index (χ4v) is 4.86. The number of carbonyl (C=O) groups is 2. The number of para-hydroxylation sites is 2. The highest BCUT2D eigenvalue weighted by Crippen LogP contribution is 2.37. The van der Waals surface area contributed by atoms with Crippen LogP contribution in [0.5, 0.6) is 0 Å². The molecule has 0 spiro atoms. The molecule has 2 unspecified atom stereocenters. The van der Waals surface area contributed by atoms with E-state index in [2.05, 4.69) is 10.3 Å². The third-order valence-corrected chi connectivity index (χ3v) is 6.57. The molecule has 2 aliphatic heterocycles. The van der Waals surface area contributed by atoms with Crippen molar-refractivity contribution in [1.82, 2.24) is 14.9 Å². The summed E-state index contributed by atoms with van der Waals surface area (Å²) in [6, 6.07) is 13.4. The SMILES string of the molecule is CC1Sc2ccc(C(=O)N3CCCC3c3nc4ccccc4[nH]3)cc2NC1=O.